The lowest BCUT2D eigenvalue weighted by Gasteiger charge is -2.29. The normalized spacial score (nSPS) is 13.5. The number of nitrogens with zero attached hydrogens (tertiary/aromatic N) is 1. The summed E-state index contributed by atoms with van der Waals surface area (Å²) in [5, 5.41) is 4.19. The number of fused-ring (bicyclic) bond motifs is 1. The summed E-state index contributed by atoms with van der Waals surface area (Å²) < 4.78 is 4.94. The van der Waals surface area contributed by atoms with Crippen molar-refractivity contribution in [3.8, 4) is 0 Å². The Labute approximate surface area is 147 Å². The molecule has 2 aromatic rings. The zero-order valence-corrected chi connectivity index (χ0v) is 14.5. The first kappa shape index (κ1) is 16.8. The molecule has 0 unspecified atom stereocenters. The molecular weight excluding hydrogens is 324 g/mol. The minimum absolute atomic E-state index is 0.0492. The van der Waals surface area contributed by atoms with Crippen LogP contribution >= 0.6 is 11.6 Å². The van der Waals surface area contributed by atoms with E-state index in [0.29, 0.717) is 6.54 Å². The van der Waals surface area contributed by atoms with Crippen LogP contribution in [-0.2, 0) is 29.0 Å². The van der Waals surface area contributed by atoms with Crippen LogP contribution in [0.1, 0.15) is 16.7 Å². The number of methoxy groups -OCH3 is 1. The van der Waals surface area contributed by atoms with Crippen LogP contribution in [0.5, 0.6) is 0 Å². The number of nitrogens with one attached hydrogen (secondary N) is 1. The maximum Gasteiger partial charge on any atom is 0.248 e. The SMILES string of the molecule is COCC(=O)N1CCc2cc(NCc3ccc(Cl)cc3)ccc2C1. The Morgan fingerprint density at radius 2 is 2.00 bits per heavy atom. The predicted octanol–water partition coefficient (Wildman–Crippen LogP) is 3.48. The Morgan fingerprint density at radius 1 is 1.21 bits per heavy atom. The van der Waals surface area contributed by atoms with Crippen LogP contribution in [0.25, 0.3) is 0 Å². The van der Waals surface area contributed by atoms with Crippen LogP contribution in [0.3, 0.4) is 0 Å². The fraction of sp³-hybridized carbons (Fsp3) is 0.316. The molecule has 1 amide bonds. The Balaban J connectivity index is 1.62. The molecule has 0 bridgehead atoms. The molecule has 1 N–H and O–H groups in total. The third kappa shape index (κ3) is 4.08. The average Bonchev–Trinajstić information content (AvgIpc) is 2.61. The third-order valence-corrected chi connectivity index (χ3v) is 4.50. The van der Waals surface area contributed by atoms with Gasteiger partial charge < -0.3 is 15.0 Å². The van der Waals surface area contributed by atoms with E-state index in [-0.39, 0.29) is 12.5 Å². The Kier molecular flexibility index (Phi) is 5.38. The molecule has 1 aliphatic rings. The zero-order valence-electron chi connectivity index (χ0n) is 13.7. The number of halogens is 1. The number of hydrogen-bond acceptors (Lipinski definition) is 3. The number of hydrogen-bond donors (Lipinski definition) is 1. The van der Waals surface area contributed by atoms with Gasteiger partial charge in [-0.25, -0.2) is 0 Å². The smallest absolute Gasteiger partial charge is 0.248 e. The molecule has 2 aromatic carbocycles. The number of amides is 1. The first-order chi connectivity index (χ1) is 11.7. The van der Waals surface area contributed by atoms with Crippen LogP contribution in [0.4, 0.5) is 5.69 Å². The van der Waals surface area contributed by atoms with Gasteiger partial charge in [0.05, 0.1) is 0 Å². The van der Waals surface area contributed by atoms with E-state index in [1.807, 2.05) is 29.2 Å². The van der Waals surface area contributed by atoms with E-state index in [4.69, 9.17) is 16.3 Å². The van der Waals surface area contributed by atoms with Gasteiger partial charge in [0, 0.05) is 37.5 Å². The van der Waals surface area contributed by atoms with Crippen molar-refractivity contribution in [2.45, 2.75) is 19.5 Å². The van der Waals surface area contributed by atoms with Gasteiger partial charge in [0.25, 0.3) is 0 Å². The maximum absolute atomic E-state index is 11.9. The number of anilines is 1. The second-order valence-electron chi connectivity index (χ2n) is 5.96. The van der Waals surface area contributed by atoms with Crippen LogP contribution in [0.2, 0.25) is 5.02 Å². The van der Waals surface area contributed by atoms with Crippen molar-refractivity contribution in [2.24, 2.45) is 0 Å². The number of carbonyl (C=O) groups excluding carboxylic acids is 1. The first-order valence-corrected chi connectivity index (χ1v) is 8.40. The lowest BCUT2D eigenvalue weighted by molar-refractivity contribution is -0.136. The van der Waals surface area contributed by atoms with E-state index in [2.05, 4.69) is 23.5 Å². The van der Waals surface area contributed by atoms with Crippen molar-refractivity contribution in [3.05, 3.63) is 64.2 Å². The van der Waals surface area contributed by atoms with Gasteiger partial charge >= 0.3 is 0 Å². The first-order valence-electron chi connectivity index (χ1n) is 8.02. The lowest BCUT2D eigenvalue weighted by Crippen LogP contribution is -2.38. The molecule has 4 nitrogen and oxygen atoms in total. The topological polar surface area (TPSA) is 41.6 Å². The van der Waals surface area contributed by atoms with E-state index < -0.39 is 0 Å². The molecule has 5 heteroatoms. The zero-order chi connectivity index (χ0) is 16.9. The molecule has 0 saturated carbocycles. The van der Waals surface area contributed by atoms with Crippen molar-refractivity contribution < 1.29 is 9.53 Å². The Hall–Kier alpha value is -2.04. The highest BCUT2D eigenvalue weighted by Crippen LogP contribution is 2.23. The van der Waals surface area contributed by atoms with Crippen molar-refractivity contribution in [2.75, 3.05) is 25.6 Å². The van der Waals surface area contributed by atoms with Gasteiger partial charge in [-0.3, -0.25) is 4.79 Å². The summed E-state index contributed by atoms with van der Waals surface area (Å²) in [7, 11) is 1.55. The van der Waals surface area contributed by atoms with Gasteiger partial charge in [-0.15, -0.1) is 0 Å². The molecule has 0 aromatic heterocycles. The average molecular weight is 345 g/mol. The van der Waals surface area contributed by atoms with E-state index in [9.17, 15) is 4.79 Å². The van der Waals surface area contributed by atoms with Crippen molar-refractivity contribution in [1.29, 1.82) is 0 Å². The fourth-order valence-electron chi connectivity index (χ4n) is 2.90. The molecule has 24 heavy (non-hydrogen) atoms. The molecule has 0 atom stereocenters. The minimum atomic E-state index is 0.0492. The van der Waals surface area contributed by atoms with E-state index >= 15 is 0 Å². The van der Waals surface area contributed by atoms with Crippen molar-refractivity contribution in [3.63, 3.8) is 0 Å². The van der Waals surface area contributed by atoms with Gasteiger partial charge in [0.15, 0.2) is 0 Å². The quantitative estimate of drug-likeness (QED) is 0.902. The van der Waals surface area contributed by atoms with Crippen molar-refractivity contribution in [1.82, 2.24) is 4.90 Å². The van der Waals surface area contributed by atoms with E-state index in [1.54, 1.807) is 7.11 Å². The molecule has 1 aliphatic heterocycles. The van der Waals surface area contributed by atoms with Gasteiger partial charge in [0.1, 0.15) is 6.61 Å². The third-order valence-electron chi connectivity index (χ3n) is 4.25. The van der Waals surface area contributed by atoms with Crippen LogP contribution in [0.15, 0.2) is 42.5 Å². The van der Waals surface area contributed by atoms with Gasteiger partial charge in [-0.05, 0) is 47.4 Å². The number of carbonyl (C=O) groups is 1. The molecule has 1 heterocycles. The van der Waals surface area contributed by atoms with E-state index in [1.165, 1.54) is 16.7 Å². The largest absolute Gasteiger partial charge is 0.381 e. The molecule has 0 spiro atoms. The van der Waals surface area contributed by atoms with Gasteiger partial charge in [0.2, 0.25) is 5.91 Å². The molecular formula is C19H21ClN2O2. The van der Waals surface area contributed by atoms with Crippen LogP contribution in [0, 0.1) is 0 Å². The maximum atomic E-state index is 11.9. The standard InChI is InChI=1S/C19H21ClN2O2/c1-24-13-19(23)22-9-8-15-10-18(7-4-16(15)12-22)21-11-14-2-5-17(20)6-3-14/h2-7,10,21H,8-9,11-13H2,1H3. The van der Waals surface area contributed by atoms with Crippen LogP contribution < -0.4 is 5.32 Å². The molecule has 0 aliphatic carbocycles. The summed E-state index contributed by atoms with van der Waals surface area (Å²) in [4.78, 5) is 13.8. The molecule has 0 radical (unpaired) electrons. The monoisotopic (exact) mass is 344 g/mol. The predicted molar refractivity (Wildman–Crippen MR) is 96.2 cm³/mol. The molecule has 0 saturated heterocycles. The minimum Gasteiger partial charge on any atom is -0.381 e. The molecule has 3 rings (SSSR count). The molecule has 126 valence electrons. The summed E-state index contributed by atoms with van der Waals surface area (Å²) in [6.45, 7) is 2.31. The highest BCUT2D eigenvalue weighted by Gasteiger charge is 2.20. The summed E-state index contributed by atoms with van der Waals surface area (Å²) in [6, 6.07) is 14.2. The number of rotatable bonds is 5. The summed E-state index contributed by atoms with van der Waals surface area (Å²) in [5.74, 6) is 0.0492. The summed E-state index contributed by atoms with van der Waals surface area (Å²) in [5.41, 5.74) is 4.80. The fourth-order valence-corrected chi connectivity index (χ4v) is 3.02. The van der Waals surface area contributed by atoms with Crippen LogP contribution in [-0.4, -0.2) is 31.1 Å². The van der Waals surface area contributed by atoms with Gasteiger partial charge in [-0.1, -0.05) is 29.8 Å². The molecule has 0 fully saturated rings. The lowest BCUT2D eigenvalue weighted by atomic mass is 9.99. The highest BCUT2D eigenvalue weighted by atomic mass is 35.5. The second-order valence-corrected chi connectivity index (χ2v) is 6.40. The second kappa shape index (κ2) is 7.69. The van der Waals surface area contributed by atoms with Crippen molar-refractivity contribution >= 4 is 23.2 Å². The Bertz CT molecular complexity index is 716. The van der Waals surface area contributed by atoms with Gasteiger partial charge in [-0.2, -0.15) is 0 Å². The summed E-state index contributed by atoms with van der Waals surface area (Å²) in [6.07, 6.45) is 0.876. The Morgan fingerprint density at radius 3 is 2.75 bits per heavy atom. The van der Waals surface area contributed by atoms with E-state index in [0.717, 1.165) is 30.2 Å². The highest BCUT2D eigenvalue weighted by molar-refractivity contribution is 6.30. The number of benzene rings is 2. The number of ether oxygens (including phenoxy) is 1. The summed E-state index contributed by atoms with van der Waals surface area (Å²) >= 11 is 5.91.